The van der Waals surface area contributed by atoms with Gasteiger partial charge in [0.15, 0.2) is 5.13 Å². The molecule has 1 aliphatic rings. The zero-order valence-electron chi connectivity index (χ0n) is 22.3. The molecule has 1 saturated heterocycles. The Bertz CT molecular complexity index is 1510. The molecule has 2 heterocycles. The Morgan fingerprint density at radius 3 is 2.27 bits per heavy atom. The van der Waals surface area contributed by atoms with Crippen molar-refractivity contribution in [2.75, 3.05) is 24.5 Å². The fraction of sp³-hybridized carbons (Fsp3) is 0.370. The normalized spacial score (nSPS) is 16.5. The standard InChI is InChI=1S/C27H29F3N4O5S2/c1-3-4-18-5-7-19(8-6-18)15-31-24(35)22-16-33(26-32-17(2)23(40-26)25(36)37)13-14-34(22)41(38,39)21-11-9-20(10-12-21)27(28,29)30/h5-12,22H,3-4,13-16H2,1-2H3,(H,31,35)(H,36,37). The number of anilines is 1. The second kappa shape index (κ2) is 12.2. The highest BCUT2D eigenvalue weighted by Crippen LogP contribution is 2.32. The summed E-state index contributed by atoms with van der Waals surface area (Å²) >= 11 is 0.921. The van der Waals surface area contributed by atoms with Crippen LogP contribution in [-0.2, 0) is 34.0 Å². The van der Waals surface area contributed by atoms with E-state index < -0.39 is 39.7 Å². The molecule has 0 spiro atoms. The minimum atomic E-state index is -4.63. The van der Waals surface area contributed by atoms with Gasteiger partial charge in [0.1, 0.15) is 10.9 Å². The number of carbonyl (C=O) groups is 2. The lowest BCUT2D eigenvalue weighted by atomic mass is 10.1. The topological polar surface area (TPSA) is 120 Å². The van der Waals surface area contributed by atoms with E-state index in [1.54, 1.807) is 11.8 Å². The van der Waals surface area contributed by atoms with Crippen LogP contribution in [0.25, 0.3) is 0 Å². The Balaban J connectivity index is 1.60. The van der Waals surface area contributed by atoms with Crippen LogP contribution < -0.4 is 10.2 Å². The summed E-state index contributed by atoms with van der Waals surface area (Å²) in [5.74, 6) is -1.75. The average Bonchev–Trinajstić information content (AvgIpc) is 3.34. The van der Waals surface area contributed by atoms with Gasteiger partial charge in [-0.3, -0.25) is 4.79 Å². The zero-order chi connectivity index (χ0) is 29.9. The first kappa shape index (κ1) is 30.5. The molecule has 3 aromatic rings. The van der Waals surface area contributed by atoms with Crippen molar-refractivity contribution < 1.29 is 36.3 Å². The summed E-state index contributed by atoms with van der Waals surface area (Å²) in [5.41, 5.74) is 1.27. The van der Waals surface area contributed by atoms with Crippen LogP contribution in [0, 0.1) is 6.92 Å². The number of hydrogen-bond acceptors (Lipinski definition) is 7. The minimum Gasteiger partial charge on any atom is -0.477 e. The summed E-state index contributed by atoms with van der Waals surface area (Å²) in [6.07, 6.45) is -2.73. The molecule has 220 valence electrons. The Kier molecular flexibility index (Phi) is 9.04. The van der Waals surface area contributed by atoms with Crippen LogP contribution in [-0.4, -0.2) is 60.4 Å². The summed E-state index contributed by atoms with van der Waals surface area (Å²) in [6.45, 7) is 3.54. The SMILES string of the molecule is CCCc1ccc(CNC(=O)C2CN(c3nc(C)c(C(=O)O)s3)CCN2S(=O)(=O)c2ccc(C(F)(F)F)cc2)cc1. The maximum Gasteiger partial charge on any atom is 0.416 e. The number of benzene rings is 2. The quantitative estimate of drug-likeness (QED) is 0.371. The molecule has 14 heteroatoms. The van der Waals surface area contributed by atoms with E-state index in [-0.39, 0.29) is 36.0 Å². The summed E-state index contributed by atoms with van der Waals surface area (Å²) in [5, 5.41) is 12.5. The van der Waals surface area contributed by atoms with Gasteiger partial charge in [-0.15, -0.1) is 0 Å². The first-order valence-corrected chi connectivity index (χ1v) is 15.1. The molecule has 1 amide bonds. The first-order chi connectivity index (χ1) is 19.3. The number of hydrogen-bond donors (Lipinski definition) is 2. The summed E-state index contributed by atoms with van der Waals surface area (Å²) in [6, 6.07) is 9.54. The molecular formula is C27H29F3N4O5S2. The third-order valence-electron chi connectivity index (χ3n) is 6.70. The number of aromatic nitrogens is 1. The number of sulfonamides is 1. The molecule has 0 bridgehead atoms. The average molecular weight is 611 g/mol. The van der Waals surface area contributed by atoms with Gasteiger partial charge in [0, 0.05) is 26.2 Å². The number of rotatable bonds is 9. The van der Waals surface area contributed by atoms with Gasteiger partial charge in [-0.05, 0) is 48.7 Å². The van der Waals surface area contributed by atoms with Crippen molar-refractivity contribution in [3.8, 4) is 0 Å². The summed E-state index contributed by atoms with van der Waals surface area (Å²) < 4.78 is 67.3. The van der Waals surface area contributed by atoms with Crippen LogP contribution in [0.4, 0.5) is 18.3 Å². The van der Waals surface area contributed by atoms with E-state index in [4.69, 9.17) is 0 Å². The van der Waals surface area contributed by atoms with Gasteiger partial charge in [0.2, 0.25) is 15.9 Å². The second-order valence-corrected chi connectivity index (χ2v) is 12.5. The number of carboxylic acid groups (broad SMARTS) is 1. The number of carboxylic acids is 1. The van der Waals surface area contributed by atoms with Gasteiger partial charge in [-0.1, -0.05) is 48.9 Å². The van der Waals surface area contributed by atoms with Gasteiger partial charge in [-0.2, -0.15) is 17.5 Å². The van der Waals surface area contributed by atoms with Crippen LogP contribution in [0.1, 0.15) is 45.4 Å². The third kappa shape index (κ3) is 6.88. The van der Waals surface area contributed by atoms with E-state index in [0.29, 0.717) is 23.0 Å². The molecule has 0 aliphatic carbocycles. The summed E-state index contributed by atoms with van der Waals surface area (Å²) in [7, 11) is -4.37. The Labute approximate surface area is 239 Å². The van der Waals surface area contributed by atoms with Crippen LogP contribution in [0.15, 0.2) is 53.4 Å². The summed E-state index contributed by atoms with van der Waals surface area (Å²) in [4.78, 5) is 30.6. The molecule has 1 aliphatic heterocycles. The molecule has 2 aromatic carbocycles. The monoisotopic (exact) mass is 610 g/mol. The fourth-order valence-electron chi connectivity index (χ4n) is 4.53. The number of nitrogens with zero attached hydrogens (tertiary/aromatic N) is 3. The van der Waals surface area contributed by atoms with Crippen molar-refractivity contribution >= 4 is 38.4 Å². The van der Waals surface area contributed by atoms with Crippen LogP contribution in [0.3, 0.4) is 0 Å². The molecule has 1 atom stereocenters. The molecule has 0 radical (unpaired) electrons. The van der Waals surface area contributed by atoms with Gasteiger partial charge in [0.25, 0.3) is 0 Å². The number of piperazine rings is 1. The molecule has 1 aromatic heterocycles. The number of carbonyl (C=O) groups excluding carboxylic acids is 1. The van der Waals surface area contributed by atoms with E-state index in [9.17, 15) is 36.3 Å². The minimum absolute atomic E-state index is 0.0346. The highest BCUT2D eigenvalue weighted by Gasteiger charge is 2.41. The van der Waals surface area contributed by atoms with E-state index >= 15 is 0 Å². The lowest BCUT2D eigenvalue weighted by Gasteiger charge is -2.39. The predicted molar refractivity (Wildman–Crippen MR) is 147 cm³/mol. The number of amides is 1. The number of aryl methyl sites for hydroxylation is 2. The van der Waals surface area contributed by atoms with Crippen molar-refractivity contribution in [3.05, 3.63) is 75.8 Å². The number of alkyl halides is 3. The highest BCUT2D eigenvalue weighted by molar-refractivity contribution is 7.89. The number of aromatic carboxylic acids is 1. The Hall–Kier alpha value is -3.49. The van der Waals surface area contributed by atoms with Gasteiger partial charge < -0.3 is 15.3 Å². The van der Waals surface area contributed by atoms with Crippen molar-refractivity contribution in [2.24, 2.45) is 0 Å². The van der Waals surface area contributed by atoms with Crippen molar-refractivity contribution in [1.82, 2.24) is 14.6 Å². The molecule has 1 unspecified atom stereocenters. The van der Waals surface area contributed by atoms with Crippen molar-refractivity contribution in [2.45, 2.75) is 50.3 Å². The number of halogens is 3. The molecule has 4 rings (SSSR count). The Morgan fingerprint density at radius 1 is 1.07 bits per heavy atom. The van der Waals surface area contributed by atoms with Crippen molar-refractivity contribution in [3.63, 3.8) is 0 Å². The highest BCUT2D eigenvalue weighted by atomic mass is 32.2. The first-order valence-electron chi connectivity index (χ1n) is 12.8. The Morgan fingerprint density at radius 2 is 1.71 bits per heavy atom. The molecular weight excluding hydrogens is 581 g/mol. The fourth-order valence-corrected chi connectivity index (χ4v) is 7.04. The van der Waals surface area contributed by atoms with Crippen molar-refractivity contribution in [1.29, 1.82) is 0 Å². The molecule has 2 N–H and O–H groups in total. The molecule has 0 saturated carbocycles. The number of nitrogens with one attached hydrogen (secondary N) is 1. The van der Waals surface area contributed by atoms with Gasteiger partial charge in [-0.25, -0.2) is 18.2 Å². The molecule has 9 nitrogen and oxygen atoms in total. The van der Waals surface area contributed by atoms with Crippen LogP contribution in [0.5, 0.6) is 0 Å². The predicted octanol–water partition coefficient (Wildman–Crippen LogP) is 4.32. The smallest absolute Gasteiger partial charge is 0.416 e. The number of thiazole rings is 1. The van der Waals surface area contributed by atoms with Gasteiger partial charge in [0.05, 0.1) is 16.2 Å². The van der Waals surface area contributed by atoms with E-state index in [0.717, 1.165) is 51.7 Å². The maximum absolute atomic E-state index is 13.6. The van der Waals surface area contributed by atoms with E-state index in [1.807, 2.05) is 24.3 Å². The van der Waals surface area contributed by atoms with E-state index in [1.165, 1.54) is 0 Å². The zero-order valence-corrected chi connectivity index (χ0v) is 23.9. The third-order valence-corrected chi connectivity index (χ3v) is 9.83. The van der Waals surface area contributed by atoms with Crippen LogP contribution in [0.2, 0.25) is 0 Å². The largest absolute Gasteiger partial charge is 0.477 e. The molecule has 1 fully saturated rings. The molecule has 41 heavy (non-hydrogen) atoms. The maximum atomic E-state index is 13.6. The van der Waals surface area contributed by atoms with Crippen LogP contribution >= 0.6 is 11.3 Å². The second-order valence-electron chi connectivity index (χ2n) is 9.60. The van der Waals surface area contributed by atoms with Gasteiger partial charge >= 0.3 is 12.1 Å². The lowest BCUT2D eigenvalue weighted by molar-refractivity contribution is -0.137. The van der Waals surface area contributed by atoms with E-state index in [2.05, 4.69) is 17.2 Å². The lowest BCUT2D eigenvalue weighted by Crippen LogP contribution is -2.60.